The van der Waals surface area contributed by atoms with Crippen molar-refractivity contribution in [2.24, 2.45) is 0 Å². The predicted molar refractivity (Wildman–Crippen MR) is 148 cm³/mol. The zero-order valence-corrected chi connectivity index (χ0v) is 22.0. The first kappa shape index (κ1) is 23.0. The van der Waals surface area contributed by atoms with Crippen LogP contribution in [0.25, 0.3) is 20.8 Å². The molecule has 7 rings (SSSR count). The van der Waals surface area contributed by atoms with Gasteiger partial charge in [-0.2, -0.15) is 4.98 Å². The van der Waals surface area contributed by atoms with Crippen molar-refractivity contribution in [2.45, 2.75) is 44.2 Å². The molecule has 3 aromatic heterocycles. The average molecular weight is 514 g/mol. The Labute approximate surface area is 220 Å². The summed E-state index contributed by atoms with van der Waals surface area (Å²) < 4.78 is 6.63. The zero-order chi connectivity index (χ0) is 24.9. The smallest absolute Gasteiger partial charge is 0.227 e. The van der Waals surface area contributed by atoms with Gasteiger partial charge in [0, 0.05) is 68.0 Å². The Balaban J connectivity index is 1.13. The molecule has 37 heavy (non-hydrogen) atoms. The molecule has 2 bridgehead atoms. The third-order valence-corrected chi connectivity index (χ3v) is 9.03. The lowest BCUT2D eigenvalue weighted by atomic mass is 9.91. The quantitative estimate of drug-likeness (QED) is 0.400. The number of fused-ring (bicyclic) bond motifs is 3. The number of hydrogen-bond acceptors (Lipinski definition) is 9. The highest BCUT2D eigenvalue weighted by atomic mass is 32.1. The molecule has 2 atom stereocenters. The lowest BCUT2D eigenvalue weighted by Crippen LogP contribution is -2.45. The normalized spacial score (nSPS) is 22.3. The fraction of sp³-hybridized carbons (Fsp3) is 0.429. The van der Waals surface area contributed by atoms with E-state index in [9.17, 15) is 0 Å². The molecule has 190 valence electrons. The summed E-state index contributed by atoms with van der Waals surface area (Å²) in [6.07, 6.45) is 5.27. The van der Waals surface area contributed by atoms with E-state index in [4.69, 9.17) is 19.7 Å². The van der Waals surface area contributed by atoms with E-state index in [2.05, 4.69) is 51.4 Å². The van der Waals surface area contributed by atoms with Crippen molar-refractivity contribution in [1.29, 1.82) is 0 Å². The van der Waals surface area contributed by atoms with Gasteiger partial charge < -0.3 is 15.0 Å². The van der Waals surface area contributed by atoms with Crippen molar-refractivity contribution in [3.05, 3.63) is 53.9 Å². The summed E-state index contributed by atoms with van der Waals surface area (Å²) in [6.45, 7) is 5.79. The maximum absolute atomic E-state index is 5.55. The molecule has 0 amide bonds. The van der Waals surface area contributed by atoms with Gasteiger partial charge in [0.05, 0.1) is 10.2 Å². The topological polar surface area (TPSA) is 79.3 Å². The maximum atomic E-state index is 5.55. The molecule has 3 aliphatic rings. The predicted octanol–water partition coefficient (Wildman–Crippen LogP) is 4.99. The highest BCUT2D eigenvalue weighted by Gasteiger charge is 2.42. The summed E-state index contributed by atoms with van der Waals surface area (Å²) in [5.74, 6) is 2.89. The van der Waals surface area contributed by atoms with Crippen LogP contribution in [0.5, 0.6) is 0 Å². The average Bonchev–Trinajstić information content (AvgIpc) is 3.63. The molecule has 1 aromatic carbocycles. The molecule has 3 saturated heterocycles. The number of piperazine rings is 1. The Morgan fingerprint density at radius 1 is 1.00 bits per heavy atom. The van der Waals surface area contributed by atoms with Crippen molar-refractivity contribution in [2.75, 3.05) is 43.6 Å². The zero-order valence-electron chi connectivity index (χ0n) is 21.2. The summed E-state index contributed by atoms with van der Waals surface area (Å²) in [4.78, 5) is 24.1. The van der Waals surface area contributed by atoms with E-state index in [1.165, 1.54) is 17.5 Å². The number of pyridine rings is 1. The van der Waals surface area contributed by atoms with Crippen LogP contribution in [0, 0.1) is 6.92 Å². The number of nitrogens with zero attached hydrogens (tertiary/aromatic N) is 6. The molecule has 1 N–H and O–H groups in total. The van der Waals surface area contributed by atoms with Gasteiger partial charge in [0.2, 0.25) is 5.95 Å². The minimum Gasteiger partial charge on any atom is -0.381 e. The molecule has 0 aliphatic carbocycles. The second kappa shape index (κ2) is 9.31. The lowest BCUT2D eigenvalue weighted by molar-refractivity contribution is 0.0853. The number of nitrogens with one attached hydrogen (secondary N) is 1. The Kier molecular flexibility index (Phi) is 5.79. The van der Waals surface area contributed by atoms with Crippen molar-refractivity contribution in [3.8, 4) is 10.6 Å². The summed E-state index contributed by atoms with van der Waals surface area (Å²) in [6, 6.07) is 13.9. The Hall–Kier alpha value is -3.14. The van der Waals surface area contributed by atoms with Crippen LogP contribution in [0.2, 0.25) is 0 Å². The van der Waals surface area contributed by atoms with Gasteiger partial charge in [-0.15, -0.1) is 11.3 Å². The minimum absolute atomic E-state index is 0.498. The highest BCUT2D eigenvalue weighted by molar-refractivity contribution is 7.21. The molecular weight excluding hydrogens is 482 g/mol. The van der Waals surface area contributed by atoms with E-state index in [1.807, 2.05) is 25.3 Å². The number of hydrogen-bond donors (Lipinski definition) is 1. The van der Waals surface area contributed by atoms with Gasteiger partial charge >= 0.3 is 0 Å². The monoisotopic (exact) mass is 513 g/mol. The third-order valence-electron chi connectivity index (χ3n) is 7.97. The van der Waals surface area contributed by atoms with E-state index in [0.717, 1.165) is 77.6 Å². The van der Waals surface area contributed by atoms with Gasteiger partial charge in [0.25, 0.3) is 0 Å². The summed E-state index contributed by atoms with van der Waals surface area (Å²) in [5.41, 5.74) is 4.44. The molecule has 8 nitrogen and oxygen atoms in total. The van der Waals surface area contributed by atoms with Gasteiger partial charge in [-0.1, -0.05) is 18.2 Å². The van der Waals surface area contributed by atoms with Gasteiger partial charge in [-0.05, 0) is 50.8 Å². The number of aryl methyl sites for hydroxylation is 1. The first-order valence-electron chi connectivity index (χ1n) is 13.1. The highest BCUT2D eigenvalue weighted by Crippen LogP contribution is 2.35. The van der Waals surface area contributed by atoms with Crippen LogP contribution in [0.1, 0.15) is 36.4 Å². The van der Waals surface area contributed by atoms with E-state index in [1.54, 1.807) is 11.3 Å². The standard InChI is InChI=1S/C28H31N7OS/c1-17-10-26(33-28(30-17)35-16-21-12-22(35)15-34(21)2)32-25-13-23-24(14-29-25)37-27(31-23)20-5-3-4-19(11-20)18-6-8-36-9-7-18/h3-5,10-11,13-14,18,21-22H,6-9,12,15-16H2,1-2H3,(H,29,30,32,33)/t21-,22-/m0/s1. The second-order valence-corrected chi connectivity index (χ2v) is 11.6. The lowest BCUT2D eigenvalue weighted by Gasteiger charge is -2.32. The first-order chi connectivity index (χ1) is 18.1. The number of thiazole rings is 1. The van der Waals surface area contributed by atoms with E-state index in [-0.39, 0.29) is 0 Å². The van der Waals surface area contributed by atoms with Crippen LogP contribution in [0.4, 0.5) is 17.6 Å². The van der Waals surface area contributed by atoms with Gasteiger partial charge in [-0.3, -0.25) is 4.90 Å². The SMILES string of the molecule is Cc1cc(Nc2cc3nc(-c4cccc(C5CCOCC5)c4)sc3cn2)nc(N2C[C@@H]3C[C@H]2CN3C)n1. The third kappa shape index (κ3) is 4.45. The van der Waals surface area contributed by atoms with Crippen molar-refractivity contribution >= 4 is 39.1 Å². The molecule has 3 fully saturated rings. The van der Waals surface area contributed by atoms with Crippen molar-refractivity contribution < 1.29 is 4.74 Å². The molecule has 0 spiro atoms. The van der Waals surface area contributed by atoms with Gasteiger partial charge in [0.1, 0.15) is 16.6 Å². The molecule has 3 aliphatic heterocycles. The fourth-order valence-corrected chi connectivity index (χ4v) is 6.88. The number of anilines is 3. The van der Waals surface area contributed by atoms with Crippen molar-refractivity contribution in [3.63, 3.8) is 0 Å². The van der Waals surface area contributed by atoms with Crippen LogP contribution < -0.4 is 10.2 Å². The molecule has 9 heteroatoms. The summed E-state index contributed by atoms with van der Waals surface area (Å²) in [5, 5.41) is 4.43. The number of likely N-dealkylation sites (tertiary alicyclic amines) is 1. The molecule has 0 radical (unpaired) electrons. The second-order valence-electron chi connectivity index (χ2n) is 10.5. The van der Waals surface area contributed by atoms with Gasteiger partial charge in [-0.25, -0.2) is 15.0 Å². The van der Waals surface area contributed by atoms with Gasteiger partial charge in [0.15, 0.2) is 0 Å². The maximum Gasteiger partial charge on any atom is 0.227 e. The van der Waals surface area contributed by atoms with Crippen molar-refractivity contribution in [1.82, 2.24) is 24.8 Å². The number of likely N-dealkylation sites (N-methyl/N-ethyl adjacent to an activating group) is 1. The summed E-state index contributed by atoms with van der Waals surface area (Å²) >= 11 is 1.69. The van der Waals surface area contributed by atoms with E-state index < -0.39 is 0 Å². The van der Waals surface area contributed by atoms with Crippen LogP contribution >= 0.6 is 11.3 Å². The first-order valence-corrected chi connectivity index (χ1v) is 13.9. The molecule has 0 unspecified atom stereocenters. The molecule has 4 aromatic rings. The number of rotatable bonds is 5. The molecule has 6 heterocycles. The van der Waals surface area contributed by atoms with Crippen LogP contribution in [-0.4, -0.2) is 70.3 Å². The summed E-state index contributed by atoms with van der Waals surface area (Å²) in [7, 11) is 2.21. The largest absolute Gasteiger partial charge is 0.381 e. The Bertz CT molecular complexity index is 1450. The minimum atomic E-state index is 0.498. The van der Waals surface area contributed by atoms with Crippen LogP contribution in [0.15, 0.2) is 42.6 Å². The number of ether oxygens (including phenoxy) is 1. The van der Waals surface area contributed by atoms with Crippen LogP contribution in [-0.2, 0) is 4.74 Å². The van der Waals surface area contributed by atoms with E-state index >= 15 is 0 Å². The number of benzene rings is 1. The molecule has 0 saturated carbocycles. The van der Waals surface area contributed by atoms with E-state index in [0.29, 0.717) is 18.0 Å². The molecular formula is C28H31N7OS. The Morgan fingerprint density at radius 3 is 2.70 bits per heavy atom. The fourth-order valence-electron chi connectivity index (χ4n) is 5.97. The number of aromatic nitrogens is 4. The van der Waals surface area contributed by atoms with Crippen LogP contribution in [0.3, 0.4) is 0 Å². The Morgan fingerprint density at radius 2 is 1.89 bits per heavy atom.